The van der Waals surface area contributed by atoms with Crippen molar-refractivity contribution >= 4 is 28.1 Å². The average molecular weight is 597 g/mol. The van der Waals surface area contributed by atoms with Gasteiger partial charge >= 0.3 is 0 Å². The summed E-state index contributed by atoms with van der Waals surface area (Å²) in [5, 5.41) is 20.9. The van der Waals surface area contributed by atoms with Crippen molar-refractivity contribution in [1.82, 2.24) is 10.6 Å². The smallest absolute Gasteiger partial charge is 0.251 e. The van der Waals surface area contributed by atoms with Gasteiger partial charge in [0, 0.05) is 37.4 Å². The number of aliphatic hydroxyl groups is 1. The Hall–Kier alpha value is -3.28. The predicted molar refractivity (Wildman–Crippen MR) is 172 cm³/mol. The van der Waals surface area contributed by atoms with Crippen LogP contribution >= 0.6 is 10.8 Å². The van der Waals surface area contributed by atoms with E-state index in [1.165, 1.54) is 0 Å². The Morgan fingerprint density at radius 3 is 2.57 bits per heavy atom. The number of anilines is 2. The highest BCUT2D eigenvalue weighted by molar-refractivity contribution is 8.25. The summed E-state index contributed by atoms with van der Waals surface area (Å²) in [6.45, 7) is 5.94. The number of hydrogen-bond acceptors (Lipinski definition) is 8. The van der Waals surface area contributed by atoms with Gasteiger partial charge in [-0.2, -0.15) is 0 Å². The summed E-state index contributed by atoms with van der Waals surface area (Å²) in [7, 11) is -1.30. The van der Waals surface area contributed by atoms with E-state index in [0.29, 0.717) is 43.1 Å². The van der Waals surface area contributed by atoms with Gasteiger partial charge in [-0.25, -0.2) is 0 Å². The van der Waals surface area contributed by atoms with Gasteiger partial charge in [0.2, 0.25) is 0 Å². The Kier molecular flexibility index (Phi) is 11.1. The third kappa shape index (κ3) is 8.17. The number of rotatable bonds is 13. The fraction of sp³-hybridized carbons (Fsp3) is 0.406. The number of carbonyl (C=O) groups excluding carboxylic acids is 1. The molecule has 0 saturated carbocycles. The molecule has 0 aliphatic carbocycles. The molecule has 1 saturated heterocycles. The van der Waals surface area contributed by atoms with Gasteiger partial charge in [-0.1, -0.05) is 42.5 Å². The molecule has 0 aromatic heterocycles. The monoisotopic (exact) mass is 596 g/mol. The molecule has 1 fully saturated rings. The highest BCUT2D eigenvalue weighted by Gasteiger charge is 2.28. The maximum atomic E-state index is 13.7. The molecule has 0 bridgehead atoms. The number of ether oxygens (including phenoxy) is 1. The van der Waals surface area contributed by atoms with Crippen molar-refractivity contribution in [2.75, 3.05) is 42.1 Å². The Bertz CT molecular complexity index is 1320. The van der Waals surface area contributed by atoms with Gasteiger partial charge in [-0.05, 0) is 74.1 Å². The Labute approximate surface area is 250 Å². The molecule has 0 unspecified atom stereocenters. The molecule has 3 aromatic carbocycles. The van der Waals surface area contributed by atoms with Crippen LogP contribution in [0.4, 0.5) is 11.4 Å². The van der Waals surface area contributed by atoms with Crippen LogP contribution < -0.4 is 25.0 Å². The number of nitrogens with one attached hydrogen (secondary N) is 3. The molecule has 0 radical (unpaired) electrons. The third-order valence-electron chi connectivity index (χ3n) is 7.60. The minimum atomic E-state index is -2.95. The van der Waals surface area contributed by atoms with Crippen molar-refractivity contribution in [1.29, 1.82) is 0 Å². The Morgan fingerprint density at radius 2 is 1.86 bits per heavy atom. The fourth-order valence-corrected chi connectivity index (χ4v) is 6.95. The van der Waals surface area contributed by atoms with Crippen molar-refractivity contribution in [3.05, 3.63) is 89.0 Å². The van der Waals surface area contributed by atoms with E-state index in [0.717, 1.165) is 41.0 Å². The average Bonchev–Trinajstić information content (AvgIpc) is 2.98. The summed E-state index contributed by atoms with van der Waals surface area (Å²) in [5.74, 6) is 0.787. The lowest BCUT2D eigenvalue weighted by molar-refractivity contribution is 0.0830. The van der Waals surface area contributed by atoms with E-state index in [-0.39, 0.29) is 12.5 Å². The molecule has 4 rings (SSSR count). The minimum absolute atomic E-state index is 0.270. The first-order valence-corrected chi connectivity index (χ1v) is 16.2. The Balaban J connectivity index is 1.53. The van der Waals surface area contributed by atoms with E-state index in [9.17, 15) is 19.0 Å². The summed E-state index contributed by atoms with van der Waals surface area (Å²) >= 11 is 0. The molecule has 10 heteroatoms. The van der Waals surface area contributed by atoms with E-state index in [1.807, 2.05) is 68.4 Å². The first-order valence-electron chi connectivity index (χ1n) is 14.5. The van der Waals surface area contributed by atoms with Crippen molar-refractivity contribution in [3.8, 4) is 5.75 Å². The molecule has 9 nitrogen and oxygen atoms in total. The number of amides is 1. The molecule has 1 heterocycles. The number of carbonyl (C=O) groups is 1. The first kappa shape index (κ1) is 31.7. The van der Waals surface area contributed by atoms with Gasteiger partial charge in [-0.15, -0.1) is 10.8 Å². The molecule has 1 aliphatic heterocycles. The molecule has 1 amide bonds. The van der Waals surface area contributed by atoms with Crippen LogP contribution in [0.2, 0.25) is 0 Å². The maximum absolute atomic E-state index is 13.7. The summed E-state index contributed by atoms with van der Waals surface area (Å²) in [4.78, 5) is 13.7. The van der Waals surface area contributed by atoms with Crippen LogP contribution in [0.3, 0.4) is 0 Å². The lowest BCUT2D eigenvalue weighted by Crippen LogP contribution is -2.48. The van der Waals surface area contributed by atoms with E-state index in [2.05, 4.69) is 16.0 Å². The van der Waals surface area contributed by atoms with Crippen molar-refractivity contribution < 1.29 is 23.7 Å². The van der Waals surface area contributed by atoms with Gasteiger partial charge < -0.3 is 25.8 Å². The van der Waals surface area contributed by atoms with Gasteiger partial charge in [0.15, 0.2) is 0 Å². The molecular weight excluding hydrogens is 552 g/mol. The van der Waals surface area contributed by atoms with Gasteiger partial charge in [-0.3, -0.25) is 18.2 Å². The second-order valence-electron chi connectivity index (χ2n) is 10.7. The van der Waals surface area contributed by atoms with Crippen LogP contribution in [0.15, 0.2) is 66.7 Å². The SMILES string of the molecule is CCNc1cc(C(=O)N[C@@H](Cc2ccccc2)[C@H](O)CNCc2cccc(OC)c2C)cc(N2CCCCS2(O)O)c1. The largest absolute Gasteiger partial charge is 0.496 e. The molecule has 6 N–H and O–H groups in total. The highest BCUT2D eigenvalue weighted by Crippen LogP contribution is 2.50. The number of hydrogen-bond donors (Lipinski definition) is 6. The van der Waals surface area contributed by atoms with E-state index in [4.69, 9.17) is 4.74 Å². The van der Waals surface area contributed by atoms with Gasteiger partial charge in [0.1, 0.15) is 5.75 Å². The second-order valence-corrected chi connectivity index (χ2v) is 12.8. The van der Waals surface area contributed by atoms with Crippen LogP contribution in [0, 0.1) is 6.92 Å². The van der Waals surface area contributed by atoms with Crippen molar-refractivity contribution in [2.24, 2.45) is 0 Å². The molecular formula is C32H44N4O5S. The normalized spacial score (nSPS) is 16.8. The number of aliphatic hydroxyl groups excluding tert-OH is 1. The zero-order valence-electron chi connectivity index (χ0n) is 24.7. The van der Waals surface area contributed by atoms with Crippen LogP contribution in [0.1, 0.15) is 46.8 Å². The summed E-state index contributed by atoms with van der Waals surface area (Å²) in [6.07, 6.45) is 1.17. The van der Waals surface area contributed by atoms with E-state index >= 15 is 0 Å². The zero-order chi connectivity index (χ0) is 30.1. The quantitative estimate of drug-likeness (QED) is 0.159. The third-order valence-corrected chi connectivity index (χ3v) is 9.53. The number of benzene rings is 3. The fourth-order valence-electron chi connectivity index (χ4n) is 5.27. The number of nitrogens with zero attached hydrogens (tertiary/aromatic N) is 1. The molecule has 42 heavy (non-hydrogen) atoms. The summed E-state index contributed by atoms with van der Waals surface area (Å²) < 4.78 is 28.5. The van der Waals surface area contributed by atoms with Crippen molar-refractivity contribution in [2.45, 2.75) is 51.8 Å². The van der Waals surface area contributed by atoms with Gasteiger partial charge in [0.05, 0.1) is 30.7 Å². The zero-order valence-corrected chi connectivity index (χ0v) is 25.5. The van der Waals surface area contributed by atoms with E-state index < -0.39 is 22.9 Å². The van der Waals surface area contributed by atoms with Crippen LogP contribution in [-0.4, -0.2) is 64.8 Å². The molecule has 1 aliphatic rings. The molecule has 228 valence electrons. The standard InChI is InChI=1S/C32H44N4O5S/c1-4-34-27-18-26(19-28(20-27)36-15-8-9-16-42(36,39)40)32(38)35-29(17-24-11-6-5-7-12-24)30(37)22-33-21-25-13-10-14-31(41-3)23(25)2/h5-7,10-14,18-20,29-30,33-34,37,39-40H,4,8-9,15-17,21-22H2,1-3H3,(H,35,38)/t29-,30+/m0/s1. The first-order chi connectivity index (χ1) is 20.2. The highest BCUT2D eigenvalue weighted by atomic mass is 32.3. The lowest BCUT2D eigenvalue weighted by Gasteiger charge is -2.47. The maximum Gasteiger partial charge on any atom is 0.251 e. The minimum Gasteiger partial charge on any atom is -0.496 e. The lowest BCUT2D eigenvalue weighted by atomic mass is 10.00. The van der Waals surface area contributed by atoms with Crippen LogP contribution in [-0.2, 0) is 13.0 Å². The Morgan fingerprint density at radius 1 is 1.07 bits per heavy atom. The van der Waals surface area contributed by atoms with Crippen LogP contribution in [0.25, 0.3) is 0 Å². The van der Waals surface area contributed by atoms with E-state index in [1.54, 1.807) is 23.5 Å². The summed E-state index contributed by atoms with van der Waals surface area (Å²) in [5.41, 5.74) is 4.80. The topological polar surface area (TPSA) is 126 Å². The second kappa shape index (κ2) is 14.8. The molecule has 0 spiro atoms. The van der Waals surface area contributed by atoms with Gasteiger partial charge in [0.25, 0.3) is 5.91 Å². The van der Waals surface area contributed by atoms with Crippen LogP contribution in [0.5, 0.6) is 5.75 Å². The number of methoxy groups -OCH3 is 1. The molecule has 2 atom stereocenters. The summed E-state index contributed by atoms with van der Waals surface area (Å²) in [6, 6.07) is 20.4. The molecule has 3 aromatic rings. The van der Waals surface area contributed by atoms with Crippen molar-refractivity contribution in [3.63, 3.8) is 0 Å². The predicted octanol–water partition coefficient (Wildman–Crippen LogP) is 5.19.